The highest BCUT2D eigenvalue weighted by Crippen LogP contribution is 2.25. The highest BCUT2D eigenvalue weighted by atomic mass is 16.4. The van der Waals surface area contributed by atoms with Crippen molar-refractivity contribution < 1.29 is 68.1 Å². The van der Waals surface area contributed by atoms with E-state index < -0.39 is 169 Å². The number of rotatable bonds is 43. The summed E-state index contributed by atoms with van der Waals surface area (Å²) >= 11 is 0. The highest BCUT2D eigenvalue weighted by Gasteiger charge is 2.38. The van der Waals surface area contributed by atoms with Gasteiger partial charge in [0.25, 0.3) is 0 Å². The zero-order chi connectivity index (χ0) is 61.5. The normalized spacial score (nSPS) is 15.6. The zero-order valence-corrected chi connectivity index (χ0v) is 47.9. The molecule has 18 N–H and O–H groups in total. The molecule has 454 valence electrons. The highest BCUT2D eigenvalue weighted by molar-refractivity contribution is 5.99. The molecular weight excluding hydrogens is 1050 g/mol. The lowest BCUT2D eigenvalue weighted by molar-refractivity contribution is -0.141. The number of primary amides is 1. The number of amides is 5. The summed E-state index contributed by atoms with van der Waals surface area (Å²) in [6, 6.07) is 2.44. The minimum absolute atomic E-state index is 0.0250. The van der Waals surface area contributed by atoms with Crippen LogP contribution in [0, 0.1) is 41.4 Å². The number of guanidine groups is 2. The molecule has 0 bridgehead atoms. The third-order valence-corrected chi connectivity index (χ3v) is 14.5. The van der Waals surface area contributed by atoms with E-state index in [1.807, 2.05) is 6.92 Å². The number of carbonyl (C=O) groups is 11. The molecule has 26 nitrogen and oxygen atoms in total. The quantitative estimate of drug-likeness (QED) is 0.0208. The van der Waals surface area contributed by atoms with Gasteiger partial charge in [0.1, 0.15) is 6.04 Å². The van der Waals surface area contributed by atoms with Crippen molar-refractivity contribution in [3.63, 3.8) is 0 Å². The van der Waals surface area contributed by atoms with Gasteiger partial charge in [-0.15, -0.1) is 0 Å². The zero-order valence-electron chi connectivity index (χ0n) is 47.9. The van der Waals surface area contributed by atoms with Crippen molar-refractivity contribution in [2.75, 3.05) is 33.4 Å². The van der Waals surface area contributed by atoms with Gasteiger partial charge in [-0.05, 0) is 63.5 Å². The molecule has 0 unspecified atom stereocenters. The molecule has 1 rings (SSSR count). The largest absolute Gasteiger partial charge is 0.481 e. The molecule has 0 radical (unpaired) electrons. The molecule has 0 aliphatic carbocycles. The predicted octanol–water partition coefficient (Wildman–Crippen LogP) is -1.18. The van der Waals surface area contributed by atoms with Gasteiger partial charge in [-0.3, -0.25) is 62.7 Å². The van der Waals surface area contributed by atoms with Crippen LogP contribution >= 0.6 is 0 Å². The number of benzene rings is 1. The summed E-state index contributed by atoms with van der Waals surface area (Å²) in [6.45, 7) is 8.55. The SMILES string of the molecule is CC[C@H](C)[C@H](CC(=O)[C@H](Cc1ccccc1)NC(=O)[C@@H](CC(=O)[C@H](CC(=O)O)NC(=O)[C@H](C)CC(=O)[C@H](CO)NC(=O)[C@H](CCCN=C(N)N)CC(=O)[C@H](CCCN=C(N)N)NC)[C@@H](C)CC)C(=O)N[C@@H](C)C(=O)C[C@@H](CO)C(N)=O. The Labute approximate surface area is 474 Å². The lowest BCUT2D eigenvalue weighted by atomic mass is 9.83. The van der Waals surface area contributed by atoms with Gasteiger partial charge in [-0.2, -0.15) is 0 Å². The van der Waals surface area contributed by atoms with Gasteiger partial charge in [0.05, 0.1) is 49.7 Å². The second-order valence-corrected chi connectivity index (χ2v) is 20.8. The predicted molar refractivity (Wildman–Crippen MR) is 302 cm³/mol. The van der Waals surface area contributed by atoms with E-state index in [-0.39, 0.29) is 62.9 Å². The second-order valence-electron chi connectivity index (χ2n) is 20.8. The second kappa shape index (κ2) is 37.7. The fourth-order valence-electron chi connectivity index (χ4n) is 8.86. The number of aliphatic hydroxyl groups is 2. The van der Waals surface area contributed by atoms with E-state index in [9.17, 15) is 68.1 Å². The first kappa shape index (κ1) is 71.8. The minimum Gasteiger partial charge on any atom is -0.481 e. The van der Waals surface area contributed by atoms with E-state index in [1.165, 1.54) is 13.8 Å². The number of carboxylic acids is 1. The maximum absolute atomic E-state index is 14.4. The van der Waals surface area contributed by atoms with E-state index in [4.69, 9.17) is 28.7 Å². The lowest BCUT2D eigenvalue weighted by Crippen LogP contribution is -2.50. The molecule has 0 saturated heterocycles. The van der Waals surface area contributed by atoms with Crippen molar-refractivity contribution in [1.82, 2.24) is 26.6 Å². The molecule has 0 heterocycles. The molecule has 0 spiro atoms. The van der Waals surface area contributed by atoms with Crippen LogP contribution in [0.2, 0.25) is 0 Å². The number of carbonyl (C=O) groups excluding carboxylic acids is 10. The number of aliphatic imine (C=N–C) groups is 2. The number of aliphatic carboxylic acids is 1. The minimum atomic E-state index is -1.69. The number of aliphatic hydroxyl groups excluding tert-OH is 2. The summed E-state index contributed by atoms with van der Waals surface area (Å²) < 4.78 is 0. The molecule has 0 aliphatic rings. The van der Waals surface area contributed by atoms with Crippen molar-refractivity contribution >= 4 is 76.3 Å². The first-order valence-electron chi connectivity index (χ1n) is 27.5. The van der Waals surface area contributed by atoms with Crippen LogP contribution in [0.3, 0.4) is 0 Å². The Hall–Kier alpha value is -7.19. The molecule has 5 amide bonds. The van der Waals surface area contributed by atoms with E-state index in [2.05, 4.69) is 36.6 Å². The Kier molecular flexibility index (Phi) is 33.4. The van der Waals surface area contributed by atoms with Gasteiger partial charge < -0.3 is 70.6 Å². The molecule has 1 aromatic rings. The first-order valence-corrected chi connectivity index (χ1v) is 27.5. The number of Topliss-reactive ketones (excluding diaryl/α,β-unsaturated/α-hetero) is 5. The van der Waals surface area contributed by atoms with Gasteiger partial charge in [-0.25, -0.2) is 0 Å². The van der Waals surface area contributed by atoms with Crippen LogP contribution in [0.25, 0.3) is 0 Å². The fraction of sp³-hybridized carbons (Fsp3) is 0.655. The number of ketones is 5. The van der Waals surface area contributed by atoms with Crippen LogP contribution in [0.15, 0.2) is 40.3 Å². The van der Waals surface area contributed by atoms with Gasteiger partial charge >= 0.3 is 5.97 Å². The Morgan fingerprint density at radius 3 is 1.47 bits per heavy atom. The van der Waals surface area contributed by atoms with Crippen molar-refractivity contribution in [1.29, 1.82) is 0 Å². The molecule has 81 heavy (non-hydrogen) atoms. The summed E-state index contributed by atoms with van der Waals surface area (Å²) in [7, 11) is 1.58. The van der Waals surface area contributed by atoms with Crippen LogP contribution in [0.1, 0.15) is 124 Å². The van der Waals surface area contributed by atoms with Crippen molar-refractivity contribution in [3.05, 3.63) is 35.9 Å². The van der Waals surface area contributed by atoms with E-state index in [0.717, 1.165) is 0 Å². The van der Waals surface area contributed by atoms with E-state index in [1.54, 1.807) is 58.2 Å². The average Bonchev–Trinajstić information content (AvgIpc) is 3.41. The number of hydrogen-bond acceptors (Lipinski definition) is 16. The Morgan fingerprint density at radius 1 is 0.519 bits per heavy atom. The van der Waals surface area contributed by atoms with E-state index in [0.29, 0.717) is 31.2 Å². The fourth-order valence-corrected chi connectivity index (χ4v) is 8.86. The van der Waals surface area contributed by atoms with Gasteiger partial charge in [0, 0.05) is 68.9 Å². The third-order valence-electron chi connectivity index (χ3n) is 14.5. The average molecular weight is 1140 g/mol. The van der Waals surface area contributed by atoms with Crippen molar-refractivity contribution in [2.24, 2.45) is 80.1 Å². The molecule has 1 aromatic carbocycles. The monoisotopic (exact) mass is 1140 g/mol. The first-order chi connectivity index (χ1) is 38.1. The standard InChI is InChI=1S/C55H90N12O14/c1-8-30(3)37(52(80)64-33(6)43(70)24-36(28-68)49(56)77)25-46(73)40(22-34-15-11-10-12-16-34)66-53(81)38(31(4)9-2)26-47(74)41(27-48(75)76)65-50(78)32(5)21-44(71)42(29-69)67-51(79)35(17-13-19-62-54(57)58)23-45(72)39(61-7)18-14-20-63-55(59)60/h10-12,15-16,30-33,35-42,61,68-69H,8-9,13-14,17-29H2,1-7H3,(H2,56,77)(H,64,80)(H,65,78)(H,66,81)(H,67,79)(H,75,76)(H4,57,58,62)(H4,59,60,63)/t30-,31-,32+,33-,35+,36-,37-,38-,39-,40-,41-,42-/m0/s1. The Morgan fingerprint density at radius 2 is 0.988 bits per heavy atom. The van der Waals surface area contributed by atoms with Crippen LogP contribution in [-0.4, -0.2) is 155 Å². The molecular formula is C55H90N12O14. The van der Waals surface area contributed by atoms with Gasteiger partial charge in [0.15, 0.2) is 40.8 Å². The van der Waals surface area contributed by atoms with Crippen molar-refractivity contribution in [3.8, 4) is 0 Å². The van der Waals surface area contributed by atoms with Crippen LogP contribution in [-0.2, 0) is 59.2 Å². The summed E-state index contributed by atoms with van der Waals surface area (Å²) in [5, 5.41) is 42.9. The van der Waals surface area contributed by atoms with E-state index >= 15 is 0 Å². The number of nitrogens with two attached hydrogens (primary N) is 5. The molecule has 0 aromatic heterocycles. The lowest BCUT2D eigenvalue weighted by Gasteiger charge is -2.29. The maximum atomic E-state index is 14.4. The maximum Gasteiger partial charge on any atom is 0.305 e. The molecule has 0 saturated carbocycles. The number of carboxylic acid groups (broad SMARTS) is 1. The summed E-state index contributed by atoms with van der Waals surface area (Å²) in [5.74, 6) is -15.2. The third kappa shape index (κ3) is 26.8. The molecule has 12 atom stereocenters. The smallest absolute Gasteiger partial charge is 0.305 e. The number of nitrogens with one attached hydrogen (secondary N) is 5. The number of nitrogens with zero attached hydrogens (tertiary/aromatic N) is 2. The Balaban J connectivity index is 3.38. The molecule has 0 fully saturated rings. The molecule has 0 aliphatic heterocycles. The summed E-state index contributed by atoms with van der Waals surface area (Å²) in [5.41, 5.74) is 27.6. The summed E-state index contributed by atoms with van der Waals surface area (Å²) in [4.78, 5) is 156. The van der Waals surface area contributed by atoms with Gasteiger partial charge in [-0.1, -0.05) is 77.8 Å². The van der Waals surface area contributed by atoms with Crippen LogP contribution < -0.4 is 55.3 Å². The van der Waals surface area contributed by atoms with Gasteiger partial charge in [0.2, 0.25) is 29.5 Å². The van der Waals surface area contributed by atoms with Crippen molar-refractivity contribution in [2.45, 2.75) is 155 Å². The topological polar surface area (TPSA) is 463 Å². The Bertz CT molecular complexity index is 2330. The molecule has 26 heteroatoms. The number of likely N-dealkylation sites (N-methyl/N-ethyl adjacent to an activating group) is 1. The summed E-state index contributed by atoms with van der Waals surface area (Å²) in [6.07, 6.45) is -1.23. The van der Waals surface area contributed by atoms with Crippen LogP contribution in [0.4, 0.5) is 0 Å². The number of hydrogen-bond donors (Lipinski definition) is 13. The van der Waals surface area contributed by atoms with Crippen LogP contribution in [0.5, 0.6) is 0 Å².